The van der Waals surface area contributed by atoms with Gasteiger partial charge in [0, 0.05) is 56.3 Å². The third-order valence-corrected chi connectivity index (χ3v) is 8.52. The summed E-state index contributed by atoms with van der Waals surface area (Å²) < 4.78 is 12.8. The molecule has 212 valence electrons. The zero-order valence-electron chi connectivity index (χ0n) is 23.0. The number of nitrogens with one attached hydrogen (secondary N) is 1. The van der Waals surface area contributed by atoms with Crippen molar-refractivity contribution in [2.75, 3.05) is 38.8 Å². The van der Waals surface area contributed by atoms with Crippen molar-refractivity contribution in [3.8, 4) is 11.5 Å². The topological polar surface area (TPSA) is 110 Å². The van der Waals surface area contributed by atoms with Gasteiger partial charge in [0.2, 0.25) is 5.91 Å². The molecule has 0 radical (unpaired) electrons. The number of fused-ring (bicyclic) bond motifs is 4. The van der Waals surface area contributed by atoms with Crippen molar-refractivity contribution >= 4 is 23.5 Å². The number of hydrogen-bond donors (Lipinski definition) is 1. The number of hydrogen-bond acceptors (Lipinski definition) is 7. The second-order valence-electron chi connectivity index (χ2n) is 11.1. The van der Waals surface area contributed by atoms with Gasteiger partial charge in [0.25, 0.3) is 11.5 Å². The van der Waals surface area contributed by atoms with Crippen molar-refractivity contribution in [2.24, 2.45) is 11.3 Å². The highest BCUT2D eigenvalue weighted by Gasteiger charge is 2.56. The maximum atomic E-state index is 14.5. The maximum Gasteiger partial charge on any atom is 0.335 e. The summed E-state index contributed by atoms with van der Waals surface area (Å²) in [5.74, 6) is 0.141. The molecule has 10 nitrogen and oxygen atoms in total. The molecule has 3 aliphatic rings. The number of methoxy groups -OCH3 is 2. The second-order valence-corrected chi connectivity index (χ2v) is 11.1. The van der Waals surface area contributed by atoms with Crippen molar-refractivity contribution in [3.63, 3.8) is 0 Å². The van der Waals surface area contributed by atoms with Crippen LogP contribution in [0.5, 0.6) is 11.5 Å². The van der Waals surface area contributed by atoms with Gasteiger partial charge in [-0.2, -0.15) is 0 Å². The van der Waals surface area contributed by atoms with Gasteiger partial charge in [0.15, 0.2) is 0 Å². The van der Waals surface area contributed by atoms with E-state index in [1.54, 1.807) is 67.8 Å². The summed E-state index contributed by atoms with van der Waals surface area (Å²) in [5.41, 5.74) is 0.385. The molecule has 3 aromatic rings. The van der Waals surface area contributed by atoms with Crippen LogP contribution in [0.4, 0.5) is 10.5 Å². The Kier molecular flexibility index (Phi) is 6.86. The summed E-state index contributed by atoms with van der Waals surface area (Å²) >= 11 is 0. The van der Waals surface area contributed by atoms with Gasteiger partial charge in [-0.05, 0) is 42.2 Å². The fourth-order valence-electron chi connectivity index (χ4n) is 6.67. The lowest BCUT2D eigenvalue weighted by Crippen LogP contribution is -2.68. The van der Waals surface area contributed by atoms with E-state index in [0.717, 1.165) is 17.0 Å². The summed E-state index contributed by atoms with van der Waals surface area (Å²) in [5, 5.41) is 2.48. The number of urea groups is 1. The first-order valence-corrected chi connectivity index (χ1v) is 13.7. The Morgan fingerprint density at radius 1 is 0.902 bits per heavy atom. The number of aromatic nitrogens is 1. The molecule has 2 saturated heterocycles. The molecular weight excluding hydrogens is 524 g/mol. The van der Waals surface area contributed by atoms with Crippen LogP contribution >= 0.6 is 0 Å². The van der Waals surface area contributed by atoms with E-state index < -0.39 is 23.3 Å². The molecule has 0 spiro atoms. The first-order valence-electron chi connectivity index (χ1n) is 13.7. The Bertz CT molecular complexity index is 1570. The Hall–Kier alpha value is -4.44. The second kappa shape index (κ2) is 10.5. The van der Waals surface area contributed by atoms with E-state index in [4.69, 9.17) is 9.47 Å². The van der Waals surface area contributed by atoms with Crippen LogP contribution in [-0.4, -0.2) is 61.2 Å². The predicted octanol–water partition coefficient (Wildman–Crippen LogP) is 2.80. The minimum absolute atomic E-state index is 0.00688. The number of imide groups is 2. The molecular formula is C31H32N4O6. The Balaban J connectivity index is 1.41. The number of para-hydroxylation sites is 1. The fraction of sp³-hybridized carbons (Fsp3) is 0.355. The lowest BCUT2D eigenvalue weighted by molar-refractivity contribution is -0.144. The van der Waals surface area contributed by atoms with Crippen molar-refractivity contribution in [2.45, 2.75) is 25.3 Å². The number of carbonyl (C=O) groups excluding carboxylic acids is 3. The smallest absolute Gasteiger partial charge is 0.335 e. The number of likely N-dealkylation sites (tertiary alicyclic amines) is 1. The molecule has 6 rings (SSSR count). The third kappa shape index (κ3) is 4.67. The minimum atomic E-state index is -1.62. The molecule has 4 amide bonds. The van der Waals surface area contributed by atoms with Crippen LogP contribution in [-0.2, 0) is 22.6 Å². The van der Waals surface area contributed by atoms with Crippen molar-refractivity contribution < 1.29 is 23.9 Å². The number of piperidine rings is 1. The van der Waals surface area contributed by atoms with Crippen LogP contribution < -0.4 is 25.2 Å². The Morgan fingerprint density at radius 3 is 2.46 bits per heavy atom. The molecule has 0 saturated carbocycles. The van der Waals surface area contributed by atoms with Gasteiger partial charge >= 0.3 is 6.03 Å². The van der Waals surface area contributed by atoms with E-state index in [9.17, 15) is 19.2 Å². The number of barbiturate groups is 1. The van der Waals surface area contributed by atoms with Gasteiger partial charge in [-0.25, -0.2) is 9.69 Å². The van der Waals surface area contributed by atoms with Crippen LogP contribution in [0.25, 0.3) is 0 Å². The van der Waals surface area contributed by atoms with Crippen LogP contribution in [0.15, 0.2) is 71.5 Å². The number of pyridine rings is 1. The highest BCUT2D eigenvalue weighted by atomic mass is 16.5. The van der Waals surface area contributed by atoms with E-state index >= 15 is 0 Å². The number of amides is 4. The van der Waals surface area contributed by atoms with E-state index in [1.807, 2.05) is 10.6 Å². The van der Waals surface area contributed by atoms with Gasteiger partial charge < -0.3 is 18.9 Å². The normalized spacial score (nSPS) is 24.0. The summed E-state index contributed by atoms with van der Waals surface area (Å²) in [6, 6.07) is 18.5. The zero-order valence-corrected chi connectivity index (χ0v) is 23.0. The predicted molar refractivity (Wildman–Crippen MR) is 151 cm³/mol. The van der Waals surface area contributed by atoms with Gasteiger partial charge in [-0.1, -0.05) is 30.3 Å². The largest absolute Gasteiger partial charge is 0.497 e. The Labute approximate surface area is 237 Å². The average molecular weight is 557 g/mol. The molecule has 3 aliphatic heterocycles. The minimum Gasteiger partial charge on any atom is -0.497 e. The monoisotopic (exact) mass is 556 g/mol. The molecule has 4 heterocycles. The standard InChI is InChI=1S/C31H32N4O6/c1-40-24-12-11-21(26(14-24)41-2)15-31(28(37)32-30(39)35(29(31)38)23-7-4-3-5-8-23)19-33-16-20-13-22(18-33)25-9-6-10-27(36)34(25)17-20/h3-12,14,20,22H,13,15-19H2,1-2H3,(H,32,37,39). The number of ether oxygens (including phenoxy) is 2. The summed E-state index contributed by atoms with van der Waals surface area (Å²) in [4.78, 5) is 57.2. The van der Waals surface area contributed by atoms with Crippen molar-refractivity contribution in [3.05, 3.63) is 88.3 Å². The van der Waals surface area contributed by atoms with Crippen LogP contribution in [0.2, 0.25) is 0 Å². The number of carbonyl (C=O) groups is 3. The van der Waals surface area contributed by atoms with Gasteiger partial charge in [-0.3, -0.25) is 19.7 Å². The van der Waals surface area contributed by atoms with Crippen LogP contribution in [0, 0.1) is 11.3 Å². The van der Waals surface area contributed by atoms with Gasteiger partial charge in [0.1, 0.15) is 16.9 Å². The van der Waals surface area contributed by atoms with Crippen LogP contribution in [0.1, 0.15) is 23.6 Å². The summed E-state index contributed by atoms with van der Waals surface area (Å²) in [6.45, 7) is 1.91. The first kappa shape index (κ1) is 26.8. The zero-order chi connectivity index (χ0) is 28.7. The molecule has 41 heavy (non-hydrogen) atoms. The number of benzene rings is 2. The van der Waals surface area contributed by atoms with Crippen molar-refractivity contribution in [1.82, 2.24) is 14.8 Å². The van der Waals surface area contributed by atoms with Gasteiger partial charge in [0.05, 0.1) is 19.9 Å². The summed E-state index contributed by atoms with van der Waals surface area (Å²) in [7, 11) is 3.08. The van der Waals surface area contributed by atoms with Crippen LogP contribution in [0.3, 0.4) is 0 Å². The van der Waals surface area contributed by atoms with E-state index in [-0.39, 0.29) is 30.4 Å². The average Bonchev–Trinajstić information content (AvgIpc) is 2.97. The lowest BCUT2D eigenvalue weighted by atomic mass is 9.75. The van der Waals surface area contributed by atoms with Crippen molar-refractivity contribution in [1.29, 1.82) is 0 Å². The fourth-order valence-corrected chi connectivity index (χ4v) is 6.67. The Morgan fingerprint density at radius 2 is 1.71 bits per heavy atom. The quantitative estimate of drug-likeness (QED) is 0.446. The highest BCUT2D eigenvalue weighted by molar-refractivity contribution is 6.30. The van der Waals surface area contributed by atoms with Gasteiger partial charge in [-0.15, -0.1) is 0 Å². The molecule has 3 atom stereocenters. The molecule has 1 aromatic heterocycles. The highest BCUT2D eigenvalue weighted by Crippen LogP contribution is 2.40. The number of nitrogens with zero attached hydrogens (tertiary/aromatic N) is 3. The van der Waals surface area contributed by atoms with E-state index in [1.165, 1.54) is 7.11 Å². The SMILES string of the molecule is COc1ccc(CC2(CN3CC4CC(C3)c3cccc(=O)n3C4)C(=O)NC(=O)N(c3ccccc3)C2=O)c(OC)c1. The molecule has 10 heteroatoms. The lowest BCUT2D eigenvalue weighted by Gasteiger charge is -2.47. The molecule has 3 unspecified atom stereocenters. The van der Waals surface area contributed by atoms with E-state index in [2.05, 4.69) is 10.2 Å². The number of anilines is 1. The molecule has 1 N–H and O–H groups in total. The third-order valence-electron chi connectivity index (χ3n) is 8.52. The number of rotatable bonds is 7. The molecule has 2 bridgehead atoms. The molecule has 2 fully saturated rings. The van der Waals surface area contributed by atoms with E-state index in [0.29, 0.717) is 42.4 Å². The maximum absolute atomic E-state index is 14.5. The molecule has 0 aliphatic carbocycles. The molecule has 2 aromatic carbocycles. The summed E-state index contributed by atoms with van der Waals surface area (Å²) in [6.07, 6.45) is 0.956. The first-order chi connectivity index (χ1) is 19.8.